The van der Waals surface area contributed by atoms with Crippen molar-refractivity contribution in [3.05, 3.63) is 42.2 Å². The normalized spacial score (nSPS) is 17.9. The fourth-order valence-corrected chi connectivity index (χ4v) is 3.14. The minimum absolute atomic E-state index is 0.684. The molecule has 1 atom stereocenters. The van der Waals surface area contributed by atoms with Crippen LogP contribution in [0, 0.1) is 5.92 Å². The lowest BCUT2D eigenvalue weighted by molar-refractivity contribution is 0.411. The van der Waals surface area contributed by atoms with Crippen molar-refractivity contribution in [2.45, 2.75) is 26.3 Å². The molecule has 0 bridgehead atoms. The number of rotatable bonds is 1. The fraction of sp³-hybridized carbons (Fsp3) is 0.294. The molecule has 3 aromatic rings. The van der Waals surface area contributed by atoms with Gasteiger partial charge in [-0.3, -0.25) is 0 Å². The van der Waals surface area contributed by atoms with Crippen LogP contribution >= 0.6 is 0 Å². The number of benzene rings is 2. The molecule has 0 saturated heterocycles. The summed E-state index contributed by atoms with van der Waals surface area (Å²) in [7, 11) is 0. The van der Waals surface area contributed by atoms with Crippen molar-refractivity contribution in [1.29, 1.82) is 0 Å². The summed E-state index contributed by atoms with van der Waals surface area (Å²) >= 11 is 0. The molecular weight excluding hydrogens is 260 g/mol. The summed E-state index contributed by atoms with van der Waals surface area (Å²) in [6.07, 6.45) is 2.17. The van der Waals surface area contributed by atoms with Gasteiger partial charge >= 0.3 is 0 Å². The molecule has 1 aliphatic heterocycles. The van der Waals surface area contributed by atoms with Crippen LogP contribution in [0.4, 0.5) is 5.69 Å². The van der Waals surface area contributed by atoms with E-state index in [1.807, 2.05) is 18.2 Å². The maximum Gasteiger partial charge on any atom is 0.166 e. The van der Waals surface area contributed by atoms with Gasteiger partial charge in [-0.15, -0.1) is 10.2 Å². The molecule has 2 heterocycles. The van der Waals surface area contributed by atoms with Gasteiger partial charge in [0, 0.05) is 24.2 Å². The molecular formula is C17H18N4. The van der Waals surface area contributed by atoms with E-state index in [0.29, 0.717) is 5.92 Å². The van der Waals surface area contributed by atoms with Crippen molar-refractivity contribution in [2.75, 3.05) is 5.73 Å². The molecule has 2 N–H and O–H groups in total. The molecule has 4 nitrogen and oxygen atoms in total. The summed E-state index contributed by atoms with van der Waals surface area (Å²) in [6, 6.07) is 12.4. The van der Waals surface area contributed by atoms with E-state index in [2.05, 4.69) is 39.9 Å². The second-order valence-electron chi connectivity index (χ2n) is 5.98. The van der Waals surface area contributed by atoms with Crippen molar-refractivity contribution in [3.8, 4) is 11.4 Å². The van der Waals surface area contributed by atoms with Gasteiger partial charge in [-0.1, -0.05) is 31.2 Å². The van der Waals surface area contributed by atoms with Crippen LogP contribution in [0.25, 0.3) is 22.2 Å². The molecule has 106 valence electrons. The van der Waals surface area contributed by atoms with E-state index in [1.54, 1.807) is 0 Å². The Balaban J connectivity index is 1.89. The number of nitrogens with two attached hydrogens (primary N) is 1. The highest BCUT2D eigenvalue weighted by atomic mass is 15.3. The zero-order chi connectivity index (χ0) is 14.4. The molecule has 4 rings (SSSR count). The van der Waals surface area contributed by atoms with Crippen LogP contribution in [0.1, 0.15) is 19.2 Å². The highest BCUT2D eigenvalue weighted by Crippen LogP contribution is 2.32. The molecule has 2 aromatic carbocycles. The molecule has 1 aliphatic rings. The third kappa shape index (κ3) is 1.98. The van der Waals surface area contributed by atoms with Gasteiger partial charge in [0.05, 0.1) is 0 Å². The Kier molecular flexibility index (Phi) is 2.70. The predicted molar refractivity (Wildman–Crippen MR) is 84.9 cm³/mol. The highest BCUT2D eigenvalue weighted by Gasteiger charge is 2.22. The molecule has 0 spiro atoms. The second kappa shape index (κ2) is 4.58. The first kappa shape index (κ1) is 12.4. The van der Waals surface area contributed by atoms with E-state index < -0.39 is 0 Å². The van der Waals surface area contributed by atoms with E-state index in [4.69, 9.17) is 5.73 Å². The van der Waals surface area contributed by atoms with E-state index in [-0.39, 0.29) is 0 Å². The maximum absolute atomic E-state index is 6.26. The Labute approximate surface area is 123 Å². The molecule has 1 aromatic heterocycles. The van der Waals surface area contributed by atoms with Gasteiger partial charge in [0.1, 0.15) is 5.82 Å². The van der Waals surface area contributed by atoms with Crippen LogP contribution in [0.5, 0.6) is 0 Å². The lowest BCUT2D eigenvalue weighted by Gasteiger charge is -2.20. The van der Waals surface area contributed by atoms with Crippen molar-refractivity contribution in [2.24, 2.45) is 5.92 Å². The Hall–Kier alpha value is -2.36. The molecule has 4 heteroatoms. The van der Waals surface area contributed by atoms with Crippen molar-refractivity contribution in [3.63, 3.8) is 0 Å². The molecule has 0 aliphatic carbocycles. The van der Waals surface area contributed by atoms with Gasteiger partial charge in [-0.2, -0.15) is 0 Å². The van der Waals surface area contributed by atoms with Crippen LogP contribution in [-0.4, -0.2) is 14.8 Å². The Morgan fingerprint density at radius 2 is 1.90 bits per heavy atom. The van der Waals surface area contributed by atoms with Crippen LogP contribution in [-0.2, 0) is 13.0 Å². The summed E-state index contributed by atoms with van der Waals surface area (Å²) in [5.74, 6) is 2.67. The summed E-state index contributed by atoms with van der Waals surface area (Å²) < 4.78 is 2.22. The molecule has 0 radical (unpaired) electrons. The van der Waals surface area contributed by atoms with Gasteiger partial charge in [0.15, 0.2) is 5.82 Å². The fourth-order valence-electron chi connectivity index (χ4n) is 3.14. The average Bonchev–Trinajstić information content (AvgIpc) is 2.89. The predicted octanol–water partition coefficient (Wildman–Crippen LogP) is 3.26. The number of nitrogens with zero attached hydrogens (tertiary/aromatic N) is 3. The van der Waals surface area contributed by atoms with E-state index in [1.165, 1.54) is 11.8 Å². The van der Waals surface area contributed by atoms with Gasteiger partial charge in [-0.05, 0) is 35.2 Å². The summed E-state index contributed by atoms with van der Waals surface area (Å²) in [5, 5.41) is 11.1. The number of anilines is 1. The number of hydrogen-bond acceptors (Lipinski definition) is 3. The van der Waals surface area contributed by atoms with Crippen LogP contribution in [0.15, 0.2) is 36.4 Å². The van der Waals surface area contributed by atoms with Crippen molar-refractivity contribution in [1.82, 2.24) is 14.8 Å². The molecule has 1 unspecified atom stereocenters. The molecule has 0 amide bonds. The maximum atomic E-state index is 6.26. The first-order chi connectivity index (χ1) is 10.2. The summed E-state index contributed by atoms with van der Waals surface area (Å²) in [4.78, 5) is 0. The van der Waals surface area contributed by atoms with Gasteiger partial charge < -0.3 is 10.3 Å². The van der Waals surface area contributed by atoms with Crippen LogP contribution in [0.3, 0.4) is 0 Å². The first-order valence-electron chi connectivity index (χ1n) is 7.43. The first-order valence-corrected chi connectivity index (χ1v) is 7.43. The largest absolute Gasteiger partial charge is 0.398 e. The highest BCUT2D eigenvalue weighted by molar-refractivity contribution is 5.92. The van der Waals surface area contributed by atoms with Gasteiger partial charge in [0.2, 0.25) is 0 Å². The number of hydrogen-bond donors (Lipinski definition) is 1. The van der Waals surface area contributed by atoms with E-state index in [9.17, 15) is 0 Å². The van der Waals surface area contributed by atoms with E-state index in [0.717, 1.165) is 41.3 Å². The second-order valence-corrected chi connectivity index (χ2v) is 5.98. The van der Waals surface area contributed by atoms with Crippen LogP contribution < -0.4 is 5.73 Å². The number of nitrogen functional groups attached to an aromatic ring is 1. The van der Waals surface area contributed by atoms with Crippen molar-refractivity contribution < 1.29 is 0 Å². The third-order valence-electron chi connectivity index (χ3n) is 4.36. The minimum Gasteiger partial charge on any atom is -0.398 e. The number of aromatic nitrogens is 3. The average molecular weight is 278 g/mol. The quantitative estimate of drug-likeness (QED) is 0.695. The Morgan fingerprint density at radius 1 is 1.14 bits per heavy atom. The third-order valence-corrected chi connectivity index (χ3v) is 4.36. The lowest BCUT2D eigenvalue weighted by Crippen LogP contribution is -2.18. The summed E-state index contributed by atoms with van der Waals surface area (Å²) in [6.45, 7) is 3.24. The Morgan fingerprint density at radius 3 is 2.71 bits per heavy atom. The smallest absolute Gasteiger partial charge is 0.166 e. The minimum atomic E-state index is 0.684. The topological polar surface area (TPSA) is 56.7 Å². The molecule has 0 saturated carbocycles. The van der Waals surface area contributed by atoms with Crippen molar-refractivity contribution >= 4 is 16.5 Å². The SMILES string of the molecule is CC1CCn2c(nnc2-c2cc3ccccc3cc2N)C1. The van der Waals surface area contributed by atoms with Gasteiger partial charge in [-0.25, -0.2) is 0 Å². The summed E-state index contributed by atoms with van der Waals surface area (Å²) in [5.41, 5.74) is 8.01. The zero-order valence-corrected chi connectivity index (χ0v) is 12.1. The molecule has 0 fully saturated rings. The molecule has 21 heavy (non-hydrogen) atoms. The van der Waals surface area contributed by atoms with Crippen LogP contribution in [0.2, 0.25) is 0 Å². The Bertz CT molecular complexity index is 819. The van der Waals surface area contributed by atoms with Gasteiger partial charge in [0.25, 0.3) is 0 Å². The standard InChI is InChI=1S/C17H18N4/c1-11-6-7-21-16(8-11)19-20-17(21)14-9-12-4-2-3-5-13(12)10-15(14)18/h2-5,9-11H,6-8,18H2,1H3. The number of fused-ring (bicyclic) bond motifs is 2. The lowest BCUT2D eigenvalue weighted by atomic mass is 9.99. The monoisotopic (exact) mass is 278 g/mol. The zero-order valence-electron chi connectivity index (χ0n) is 12.1. The van der Waals surface area contributed by atoms with E-state index >= 15 is 0 Å².